The maximum absolute atomic E-state index is 12.7. The van der Waals surface area contributed by atoms with Crippen molar-refractivity contribution in [1.29, 1.82) is 0 Å². The average molecular weight is 315 g/mol. The number of likely N-dealkylation sites (tertiary alicyclic amines) is 1. The Morgan fingerprint density at radius 3 is 2.33 bits per heavy atom. The van der Waals surface area contributed by atoms with Crippen molar-refractivity contribution in [3.05, 3.63) is 0 Å². The van der Waals surface area contributed by atoms with E-state index in [0.717, 1.165) is 25.3 Å². The molecular formula is C17H31ClN2O. The molecule has 1 saturated heterocycles. The second-order valence-electron chi connectivity index (χ2n) is 7.25. The number of hydrogen-bond acceptors (Lipinski definition) is 2. The molecule has 0 spiro atoms. The maximum Gasteiger partial charge on any atom is 0.223 e. The van der Waals surface area contributed by atoms with Gasteiger partial charge in [-0.3, -0.25) is 4.79 Å². The first kappa shape index (κ1) is 17.1. The Balaban J connectivity index is 0.00000161. The Morgan fingerprint density at radius 1 is 0.952 bits per heavy atom. The first-order valence-corrected chi connectivity index (χ1v) is 8.81. The van der Waals surface area contributed by atoms with Gasteiger partial charge >= 0.3 is 0 Å². The SMILES string of the molecule is Cl.NC1CCCCC1CC(=O)N1CCCC1C1CCCC1. The van der Waals surface area contributed by atoms with Gasteiger partial charge in [0.05, 0.1) is 0 Å². The van der Waals surface area contributed by atoms with Gasteiger partial charge in [0, 0.05) is 25.0 Å². The third kappa shape index (κ3) is 3.92. The van der Waals surface area contributed by atoms with Crippen molar-refractivity contribution < 1.29 is 4.79 Å². The molecule has 3 fully saturated rings. The third-order valence-electron chi connectivity index (χ3n) is 5.97. The van der Waals surface area contributed by atoms with Crippen LogP contribution in [0, 0.1) is 11.8 Å². The fourth-order valence-corrected chi connectivity index (χ4v) is 4.77. The van der Waals surface area contributed by atoms with E-state index >= 15 is 0 Å². The lowest BCUT2D eigenvalue weighted by atomic mass is 9.82. The molecule has 21 heavy (non-hydrogen) atoms. The van der Waals surface area contributed by atoms with E-state index in [1.54, 1.807) is 0 Å². The van der Waals surface area contributed by atoms with Crippen LogP contribution in [0.25, 0.3) is 0 Å². The van der Waals surface area contributed by atoms with Gasteiger partial charge in [0.25, 0.3) is 0 Å². The number of carbonyl (C=O) groups excluding carboxylic acids is 1. The molecule has 0 aromatic heterocycles. The number of rotatable bonds is 3. The fraction of sp³-hybridized carbons (Fsp3) is 0.941. The summed E-state index contributed by atoms with van der Waals surface area (Å²) in [5.41, 5.74) is 6.21. The van der Waals surface area contributed by atoms with Crippen LogP contribution in [-0.2, 0) is 4.79 Å². The zero-order valence-corrected chi connectivity index (χ0v) is 14.0. The second kappa shape index (κ2) is 7.82. The van der Waals surface area contributed by atoms with Gasteiger partial charge in [-0.2, -0.15) is 0 Å². The van der Waals surface area contributed by atoms with E-state index < -0.39 is 0 Å². The molecule has 3 nitrogen and oxygen atoms in total. The highest BCUT2D eigenvalue weighted by atomic mass is 35.5. The highest BCUT2D eigenvalue weighted by molar-refractivity contribution is 5.85. The van der Waals surface area contributed by atoms with Crippen molar-refractivity contribution in [2.75, 3.05) is 6.54 Å². The van der Waals surface area contributed by atoms with Crippen LogP contribution in [0.3, 0.4) is 0 Å². The lowest BCUT2D eigenvalue weighted by molar-refractivity contribution is -0.134. The molecule has 0 radical (unpaired) electrons. The zero-order valence-electron chi connectivity index (χ0n) is 13.1. The van der Waals surface area contributed by atoms with E-state index in [9.17, 15) is 4.79 Å². The van der Waals surface area contributed by atoms with Gasteiger partial charge in [-0.15, -0.1) is 12.4 Å². The summed E-state index contributed by atoms with van der Waals surface area (Å²) in [5, 5.41) is 0. The Labute approximate surface area is 135 Å². The van der Waals surface area contributed by atoms with E-state index in [1.807, 2.05) is 0 Å². The van der Waals surface area contributed by atoms with Crippen LogP contribution in [0.1, 0.15) is 70.6 Å². The predicted octanol–water partition coefficient (Wildman–Crippen LogP) is 3.50. The molecular weight excluding hydrogens is 284 g/mol. The van der Waals surface area contributed by atoms with Gasteiger partial charge in [0.2, 0.25) is 5.91 Å². The largest absolute Gasteiger partial charge is 0.339 e. The molecule has 2 aliphatic carbocycles. The fourth-order valence-electron chi connectivity index (χ4n) is 4.77. The van der Waals surface area contributed by atoms with Crippen molar-refractivity contribution in [1.82, 2.24) is 4.90 Å². The number of hydrogen-bond donors (Lipinski definition) is 1. The summed E-state index contributed by atoms with van der Waals surface area (Å²) in [6.07, 6.45) is 13.4. The minimum absolute atomic E-state index is 0. The van der Waals surface area contributed by atoms with E-state index in [0.29, 0.717) is 24.3 Å². The summed E-state index contributed by atoms with van der Waals surface area (Å²) < 4.78 is 0. The van der Waals surface area contributed by atoms with E-state index in [2.05, 4.69) is 4.90 Å². The van der Waals surface area contributed by atoms with E-state index in [4.69, 9.17) is 5.73 Å². The van der Waals surface area contributed by atoms with Crippen LogP contribution in [0.4, 0.5) is 0 Å². The van der Waals surface area contributed by atoms with Crippen molar-refractivity contribution in [3.8, 4) is 0 Å². The molecule has 1 heterocycles. The van der Waals surface area contributed by atoms with Crippen molar-refractivity contribution in [3.63, 3.8) is 0 Å². The van der Waals surface area contributed by atoms with E-state index in [-0.39, 0.29) is 18.4 Å². The zero-order chi connectivity index (χ0) is 13.9. The van der Waals surface area contributed by atoms with Crippen molar-refractivity contribution in [2.24, 2.45) is 17.6 Å². The Kier molecular flexibility index (Phi) is 6.36. The van der Waals surface area contributed by atoms with Gasteiger partial charge in [-0.1, -0.05) is 25.7 Å². The van der Waals surface area contributed by atoms with Crippen LogP contribution in [-0.4, -0.2) is 29.4 Å². The normalized spacial score (nSPS) is 34.0. The number of nitrogens with zero attached hydrogens (tertiary/aromatic N) is 1. The molecule has 3 aliphatic rings. The molecule has 3 rings (SSSR count). The quantitative estimate of drug-likeness (QED) is 0.866. The first-order valence-electron chi connectivity index (χ1n) is 8.81. The Hall–Kier alpha value is -0.280. The molecule has 1 amide bonds. The topological polar surface area (TPSA) is 46.3 Å². The molecule has 122 valence electrons. The molecule has 2 saturated carbocycles. The minimum Gasteiger partial charge on any atom is -0.339 e. The summed E-state index contributed by atoms with van der Waals surface area (Å²) >= 11 is 0. The standard InChI is InChI=1S/C17H30N2O.ClH/c18-15-9-4-3-8-14(15)12-17(20)19-11-5-10-16(19)13-6-1-2-7-13;/h13-16H,1-12,18H2;1H. The molecule has 1 aliphatic heterocycles. The molecule has 4 heteroatoms. The monoisotopic (exact) mass is 314 g/mol. The smallest absolute Gasteiger partial charge is 0.223 e. The van der Waals surface area contributed by atoms with Crippen LogP contribution in [0.15, 0.2) is 0 Å². The first-order chi connectivity index (χ1) is 9.75. The van der Waals surface area contributed by atoms with Gasteiger partial charge in [-0.05, 0) is 50.4 Å². The lowest BCUT2D eigenvalue weighted by Crippen LogP contribution is -2.42. The maximum atomic E-state index is 12.7. The second-order valence-corrected chi connectivity index (χ2v) is 7.25. The van der Waals surface area contributed by atoms with E-state index in [1.165, 1.54) is 51.4 Å². The number of amides is 1. The van der Waals surface area contributed by atoms with Crippen LogP contribution >= 0.6 is 12.4 Å². The predicted molar refractivity (Wildman–Crippen MR) is 88.5 cm³/mol. The molecule has 0 aromatic carbocycles. The van der Waals surface area contributed by atoms with Crippen LogP contribution in [0.5, 0.6) is 0 Å². The Bertz CT molecular complexity index is 344. The minimum atomic E-state index is 0. The molecule has 2 N–H and O–H groups in total. The summed E-state index contributed by atoms with van der Waals surface area (Å²) in [4.78, 5) is 14.9. The highest BCUT2D eigenvalue weighted by Crippen LogP contribution is 2.36. The van der Waals surface area contributed by atoms with Gasteiger partial charge in [-0.25, -0.2) is 0 Å². The van der Waals surface area contributed by atoms with Gasteiger partial charge < -0.3 is 10.6 Å². The summed E-state index contributed by atoms with van der Waals surface area (Å²) in [6.45, 7) is 1.00. The average Bonchev–Trinajstić information content (AvgIpc) is 3.11. The number of nitrogens with two attached hydrogens (primary N) is 1. The highest BCUT2D eigenvalue weighted by Gasteiger charge is 2.37. The lowest BCUT2D eigenvalue weighted by Gasteiger charge is -2.33. The molecule has 3 atom stereocenters. The van der Waals surface area contributed by atoms with Crippen molar-refractivity contribution in [2.45, 2.75) is 82.7 Å². The summed E-state index contributed by atoms with van der Waals surface area (Å²) in [7, 11) is 0. The van der Waals surface area contributed by atoms with Crippen molar-refractivity contribution >= 4 is 18.3 Å². The van der Waals surface area contributed by atoms with Gasteiger partial charge in [0.15, 0.2) is 0 Å². The molecule has 3 unspecified atom stereocenters. The van der Waals surface area contributed by atoms with Crippen LogP contribution < -0.4 is 5.73 Å². The van der Waals surface area contributed by atoms with Gasteiger partial charge in [0.1, 0.15) is 0 Å². The Morgan fingerprint density at radius 2 is 1.62 bits per heavy atom. The third-order valence-corrected chi connectivity index (χ3v) is 5.97. The summed E-state index contributed by atoms with van der Waals surface area (Å²) in [5.74, 6) is 1.64. The number of halogens is 1. The molecule has 0 bridgehead atoms. The summed E-state index contributed by atoms with van der Waals surface area (Å²) in [6, 6.07) is 0.824. The van der Waals surface area contributed by atoms with Crippen LogP contribution in [0.2, 0.25) is 0 Å². The number of carbonyl (C=O) groups is 1. The molecule has 0 aromatic rings.